The number of benzene rings is 1. The van der Waals surface area contributed by atoms with E-state index in [0.717, 1.165) is 6.07 Å². The van der Waals surface area contributed by atoms with Gasteiger partial charge in [-0.2, -0.15) is 13.2 Å². The second-order valence-electron chi connectivity index (χ2n) is 3.21. The Labute approximate surface area is 94.4 Å². The maximum absolute atomic E-state index is 13.0. The van der Waals surface area contributed by atoms with Crippen molar-refractivity contribution in [3.05, 3.63) is 34.6 Å². The lowest BCUT2D eigenvalue weighted by atomic mass is 10.1. The summed E-state index contributed by atoms with van der Waals surface area (Å²) in [6.45, 7) is 0. The van der Waals surface area contributed by atoms with Gasteiger partial charge in [0.05, 0.1) is 5.02 Å². The van der Waals surface area contributed by atoms with Crippen molar-refractivity contribution in [2.24, 2.45) is 5.84 Å². The predicted octanol–water partition coefficient (Wildman–Crippen LogP) is 2.42. The number of nitrogens with one attached hydrogen (secondary N) is 1. The van der Waals surface area contributed by atoms with Crippen LogP contribution in [0.2, 0.25) is 5.02 Å². The first-order valence-corrected chi connectivity index (χ1v) is 4.69. The molecule has 1 atom stereocenters. The lowest BCUT2D eigenvalue weighted by Crippen LogP contribution is -2.47. The molecule has 0 aliphatic carbocycles. The van der Waals surface area contributed by atoms with Crippen LogP contribution < -0.4 is 11.3 Å². The molecule has 2 nitrogen and oxygen atoms in total. The summed E-state index contributed by atoms with van der Waals surface area (Å²) in [5.41, 5.74) is 1.81. The molecule has 0 spiro atoms. The van der Waals surface area contributed by atoms with Gasteiger partial charge in [-0.05, 0) is 24.1 Å². The van der Waals surface area contributed by atoms with Gasteiger partial charge >= 0.3 is 6.18 Å². The number of hydrogen-bond donors (Lipinski definition) is 2. The third-order valence-electron chi connectivity index (χ3n) is 2.02. The van der Waals surface area contributed by atoms with E-state index in [-0.39, 0.29) is 10.6 Å². The first-order chi connectivity index (χ1) is 7.34. The van der Waals surface area contributed by atoms with Crippen molar-refractivity contribution in [2.75, 3.05) is 0 Å². The Morgan fingerprint density at radius 3 is 2.44 bits per heavy atom. The molecule has 1 aromatic carbocycles. The maximum atomic E-state index is 13.0. The molecule has 0 heterocycles. The first kappa shape index (κ1) is 13.2. The fraction of sp³-hybridized carbons (Fsp3) is 0.333. The Morgan fingerprint density at radius 2 is 2.00 bits per heavy atom. The van der Waals surface area contributed by atoms with Crippen LogP contribution in [0.5, 0.6) is 0 Å². The molecule has 0 aliphatic rings. The van der Waals surface area contributed by atoms with Gasteiger partial charge in [-0.15, -0.1) is 0 Å². The highest BCUT2D eigenvalue weighted by Gasteiger charge is 2.38. The number of halogens is 5. The van der Waals surface area contributed by atoms with Gasteiger partial charge in [-0.1, -0.05) is 17.7 Å². The highest BCUT2D eigenvalue weighted by atomic mass is 35.5. The smallest absolute Gasteiger partial charge is 0.271 e. The van der Waals surface area contributed by atoms with Gasteiger partial charge in [0.15, 0.2) is 0 Å². The van der Waals surface area contributed by atoms with Crippen molar-refractivity contribution in [2.45, 2.75) is 18.6 Å². The zero-order valence-corrected chi connectivity index (χ0v) is 8.74. The fourth-order valence-corrected chi connectivity index (χ4v) is 1.29. The van der Waals surface area contributed by atoms with Gasteiger partial charge in [0.25, 0.3) is 0 Å². The van der Waals surface area contributed by atoms with E-state index >= 15 is 0 Å². The SMILES string of the molecule is NNC(Cc1ccc(Cl)c(F)c1)C(F)(F)F. The quantitative estimate of drug-likeness (QED) is 0.495. The van der Waals surface area contributed by atoms with Crippen molar-refractivity contribution in [1.82, 2.24) is 5.43 Å². The normalized spacial score (nSPS) is 13.9. The molecule has 0 fully saturated rings. The number of alkyl halides is 3. The van der Waals surface area contributed by atoms with Crippen molar-refractivity contribution in [3.8, 4) is 0 Å². The molecule has 0 saturated heterocycles. The Hall–Kier alpha value is -0.850. The summed E-state index contributed by atoms with van der Waals surface area (Å²) in [6.07, 6.45) is -4.93. The number of hydrogen-bond acceptors (Lipinski definition) is 2. The van der Waals surface area contributed by atoms with Crippen LogP contribution in [0.4, 0.5) is 17.6 Å². The first-order valence-electron chi connectivity index (χ1n) is 4.31. The second kappa shape index (κ2) is 4.99. The summed E-state index contributed by atoms with van der Waals surface area (Å²) < 4.78 is 49.9. The molecule has 1 aromatic rings. The highest BCUT2D eigenvalue weighted by molar-refractivity contribution is 6.30. The zero-order valence-electron chi connectivity index (χ0n) is 7.98. The standard InChI is InChI=1S/C9H9ClF4N2/c10-6-2-1-5(3-7(6)11)4-8(16-15)9(12,13)14/h1-3,8,16H,4,15H2. The predicted molar refractivity (Wildman–Crippen MR) is 52.3 cm³/mol. The van der Waals surface area contributed by atoms with Crippen molar-refractivity contribution in [3.63, 3.8) is 0 Å². The molecule has 1 unspecified atom stereocenters. The Kier molecular flexibility index (Phi) is 4.12. The number of rotatable bonds is 3. The van der Waals surface area contributed by atoms with E-state index in [1.54, 1.807) is 5.43 Å². The van der Waals surface area contributed by atoms with E-state index in [1.807, 2.05) is 0 Å². The summed E-state index contributed by atoms with van der Waals surface area (Å²) in [5.74, 6) is 4.03. The van der Waals surface area contributed by atoms with Crippen LogP contribution in [-0.4, -0.2) is 12.2 Å². The third-order valence-corrected chi connectivity index (χ3v) is 2.33. The Bertz CT molecular complexity index is 367. The van der Waals surface area contributed by atoms with Crippen LogP contribution >= 0.6 is 11.6 Å². The molecule has 0 amide bonds. The lowest BCUT2D eigenvalue weighted by Gasteiger charge is -2.19. The molecule has 0 radical (unpaired) electrons. The third kappa shape index (κ3) is 3.33. The Morgan fingerprint density at radius 1 is 1.38 bits per heavy atom. The van der Waals surface area contributed by atoms with Gasteiger partial charge in [0.1, 0.15) is 11.9 Å². The average Bonchev–Trinajstić information content (AvgIpc) is 2.18. The van der Waals surface area contributed by atoms with Crippen LogP contribution in [0.3, 0.4) is 0 Å². The zero-order chi connectivity index (χ0) is 12.3. The minimum atomic E-state index is -4.48. The van der Waals surface area contributed by atoms with E-state index in [2.05, 4.69) is 0 Å². The number of nitrogens with two attached hydrogens (primary N) is 1. The van der Waals surface area contributed by atoms with E-state index < -0.39 is 24.5 Å². The fourth-order valence-electron chi connectivity index (χ4n) is 1.17. The molecule has 90 valence electrons. The van der Waals surface area contributed by atoms with Crippen LogP contribution in [0, 0.1) is 5.82 Å². The average molecular weight is 257 g/mol. The van der Waals surface area contributed by atoms with Crippen molar-refractivity contribution < 1.29 is 17.6 Å². The van der Waals surface area contributed by atoms with Crippen molar-refractivity contribution >= 4 is 11.6 Å². The largest absolute Gasteiger partial charge is 0.405 e. The van der Waals surface area contributed by atoms with Crippen molar-refractivity contribution in [1.29, 1.82) is 0 Å². The van der Waals surface area contributed by atoms with Gasteiger partial charge in [0, 0.05) is 0 Å². The highest BCUT2D eigenvalue weighted by Crippen LogP contribution is 2.24. The molecule has 7 heteroatoms. The molecule has 1 rings (SSSR count). The summed E-state index contributed by atoms with van der Waals surface area (Å²) in [6, 6.07) is 1.57. The summed E-state index contributed by atoms with van der Waals surface area (Å²) >= 11 is 5.40. The summed E-state index contributed by atoms with van der Waals surface area (Å²) in [7, 11) is 0. The van der Waals surface area contributed by atoms with E-state index in [0.29, 0.717) is 0 Å². The van der Waals surface area contributed by atoms with Crippen LogP contribution in [-0.2, 0) is 6.42 Å². The maximum Gasteiger partial charge on any atom is 0.405 e. The summed E-state index contributed by atoms with van der Waals surface area (Å²) in [4.78, 5) is 0. The van der Waals surface area contributed by atoms with Crippen LogP contribution in [0.25, 0.3) is 0 Å². The van der Waals surface area contributed by atoms with E-state index in [4.69, 9.17) is 17.4 Å². The van der Waals surface area contributed by atoms with Crippen LogP contribution in [0.1, 0.15) is 5.56 Å². The molecule has 0 aliphatic heterocycles. The van der Waals surface area contributed by atoms with E-state index in [9.17, 15) is 17.6 Å². The lowest BCUT2D eigenvalue weighted by molar-refractivity contribution is -0.155. The van der Waals surface area contributed by atoms with Gasteiger partial charge in [-0.25, -0.2) is 9.82 Å². The topological polar surface area (TPSA) is 38.0 Å². The van der Waals surface area contributed by atoms with Gasteiger partial charge in [-0.3, -0.25) is 5.84 Å². The van der Waals surface area contributed by atoms with E-state index in [1.165, 1.54) is 12.1 Å². The molecule has 3 N–H and O–H groups in total. The second-order valence-corrected chi connectivity index (χ2v) is 3.62. The minimum Gasteiger partial charge on any atom is -0.271 e. The molecular weight excluding hydrogens is 248 g/mol. The Balaban J connectivity index is 2.83. The molecule has 16 heavy (non-hydrogen) atoms. The molecule has 0 saturated carbocycles. The molecular formula is C9H9ClF4N2. The monoisotopic (exact) mass is 256 g/mol. The summed E-state index contributed by atoms with van der Waals surface area (Å²) in [5, 5.41) is -0.131. The minimum absolute atomic E-state index is 0.131. The molecule has 0 aromatic heterocycles. The molecule has 0 bridgehead atoms. The van der Waals surface area contributed by atoms with Gasteiger partial charge in [0.2, 0.25) is 0 Å². The van der Waals surface area contributed by atoms with Gasteiger partial charge < -0.3 is 0 Å². The number of hydrazine groups is 1. The van der Waals surface area contributed by atoms with Crippen LogP contribution in [0.15, 0.2) is 18.2 Å².